The molecule has 0 saturated heterocycles. The highest BCUT2D eigenvalue weighted by Crippen LogP contribution is 2.31. The number of rotatable bonds is 4. The van der Waals surface area contributed by atoms with Crippen LogP contribution in [0.15, 0.2) is 56.6 Å². The third-order valence-corrected chi connectivity index (χ3v) is 5.19. The first kappa shape index (κ1) is 17.9. The van der Waals surface area contributed by atoms with Gasteiger partial charge in [-0.05, 0) is 31.2 Å². The minimum atomic E-state index is -4.40. The van der Waals surface area contributed by atoms with Gasteiger partial charge in [-0.2, -0.15) is 8.42 Å². The quantitative estimate of drug-likeness (QED) is 0.287. The van der Waals surface area contributed by atoms with E-state index in [-0.39, 0.29) is 21.9 Å². The van der Waals surface area contributed by atoms with Crippen LogP contribution in [0.5, 0.6) is 5.75 Å². The fourth-order valence-corrected chi connectivity index (χ4v) is 3.49. The zero-order valence-corrected chi connectivity index (χ0v) is 14.7. The summed E-state index contributed by atoms with van der Waals surface area (Å²) in [7, 11) is -4.40. The van der Waals surface area contributed by atoms with E-state index in [0.29, 0.717) is 5.39 Å². The maximum absolute atomic E-state index is 12.4. The molecule has 0 bridgehead atoms. The zero-order valence-electron chi connectivity index (χ0n) is 13.1. The molecule has 3 rings (SSSR count). The molecule has 10 heteroatoms. The highest BCUT2D eigenvalue weighted by atomic mass is 35.5. The summed E-state index contributed by atoms with van der Waals surface area (Å²) in [5, 5.41) is 11.6. The molecule has 0 unspecified atom stereocenters. The highest BCUT2D eigenvalue weighted by molar-refractivity contribution is 7.87. The Morgan fingerprint density at radius 3 is 2.54 bits per heavy atom. The minimum absolute atomic E-state index is 0.0779. The summed E-state index contributed by atoms with van der Waals surface area (Å²) in [4.78, 5) is 21.1. The lowest BCUT2D eigenvalue weighted by Gasteiger charge is -2.09. The maximum Gasteiger partial charge on any atom is 0.339 e. The van der Waals surface area contributed by atoms with Gasteiger partial charge in [0.15, 0.2) is 0 Å². The summed E-state index contributed by atoms with van der Waals surface area (Å²) in [6.07, 6.45) is 0. The van der Waals surface area contributed by atoms with Crippen LogP contribution in [0.4, 0.5) is 5.69 Å². The number of halogens is 1. The Balaban J connectivity index is 2.04. The number of nitro benzene ring substituents is 1. The molecule has 0 fully saturated rings. The van der Waals surface area contributed by atoms with Gasteiger partial charge in [0.2, 0.25) is 0 Å². The third-order valence-electron chi connectivity index (χ3n) is 3.58. The molecule has 134 valence electrons. The van der Waals surface area contributed by atoms with Gasteiger partial charge in [-0.3, -0.25) is 10.1 Å². The molecule has 1 heterocycles. The van der Waals surface area contributed by atoms with Crippen molar-refractivity contribution in [3.63, 3.8) is 0 Å². The first-order valence-corrected chi connectivity index (χ1v) is 8.89. The Hall–Kier alpha value is -2.91. The SMILES string of the molecule is Cc1c(Cl)cc(S(=O)(=O)Oc2ccc3ccc(=O)oc3c2)cc1[N+](=O)[O-]. The van der Waals surface area contributed by atoms with Gasteiger partial charge in [0.25, 0.3) is 5.69 Å². The topological polar surface area (TPSA) is 117 Å². The second-order valence-corrected chi connectivity index (χ2v) is 7.25. The molecule has 0 saturated carbocycles. The average molecular weight is 396 g/mol. The molecule has 0 aliphatic carbocycles. The molecule has 0 aliphatic heterocycles. The van der Waals surface area contributed by atoms with Gasteiger partial charge in [-0.15, -0.1) is 0 Å². The van der Waals surface area contributed by atoms with Gasteiger partial charge in [-0.25, -0.2) is 4.79 Å². The minimum Gasteiger partial charge on any atom is -0.423 e. The molecule has 0 atom stereocenters. The molecule has 0 spiro atoms. The van der Waals surface area contributed by atoms with E-state index >= 15 is 0 Å². The number of nitro groups is 1. The first-order chi connectivity index (χ1) is 12.2. The van der Waals surface area contributed by atoms with Crippen molar-refractivity contribution in [2.75, 3.05) is 0 Å². The van der Waals surface area contributed by atoms with Crippen molar-refractivity contribution in [1.82, 2.24) is 0 Å². The Labute approximate surface area is 151 Å². The van der Waals surface area contributed by atoms with Crippen LogP contribution in [0.3, 0.4) is 0 Å². The molecule has 0 radical (unpaired) electrons. The monoisotopic (exact) mass is 395 g/mol. The number of fused-ring (bicyclic) bond motifs is 1. The van der Waals surface area contributed by atoms with Crippen LogP contribution in [0, 0.1) is 17.0 Å². The Morgan fingerprint density at radius 2 is 1.85 bits per heavy atom. The Morgan fingerprint density at radius 1 is 1.15 bits per heavy atom. The van der Waals surface area contributed by atoms with E-state index in [9.17, 15) is 23.3 Å². The summed E-state index contributed by atoms with van der Waals surface area (Å²) in [6.45, 7) is 1.41. The molecular weight excluding hydrogens is 386 g/mol. The predicted octanol–water partition coefficient (Wildman–Crippen LogP) is 3.43. The van der Waals surface area contributed by atoms with E-state index in [0.717, 1.165) is 12.1 Å². The fourth-order valence-electron chi connectivity index (χ4n) is 2.24. The summed E-state index contributed by atoms with van der Waals surface area (Å²) < 4.78 is 34.9. The molecule has 2 aromatic carbocycles. The first-order valence-electron chi connectivity index (χ1n) is 7.10. The largest absolute Gasteiger partial charge is 0.423 e. The second kappa shape index (κ2) is 6.43. The highest BCUT2D eigenvalue weighted by Gasteiger charge is 2.24. The van der Waals surface area contributed by atoms with E-state index in [1.54, 1.807) is 0 Å². The van der Waals surface area contributed by atoms with Gasteiger partial charge < -0.3 is 8.60 Å². The third kappa shape index (κ3) is 3.39. The lowest BCUT2D eigenvalue weighted by Crippen LogP contribution is -2.11. The van der Waals surface area contributed by atoms with Gasteiger partial charge in [0.1, 0.15) is 16.2 Å². The summed E-state index contributed by atoms with van der Waals surface area (Å²) >= 11 is 5.89. The molecule has 0 amide bonds. The smallest absolute Gasteiger partial charge is 0.339 e. The van der Waals surface area contributed by atoms with Gasteiger partial charge in [0, 0.05) is 29.1 Å². The van der Waals surface area contributed by atoms with Crippen molar-refractivity contribution in [3.8, 4) is 5.75 Å². The van der Waals surface area contributed by atoms with E-state index in [4.69, 9.17) is 20.2 Å². The Bertz CT molecular complexity index is 1200. The van der Waals surface area contributed by atoms with E-state index in [1.807, 2.05) is 0 Å². The lowest BCUT2D eigenvalue weighted by atomic mass is 10.2. The van der Waals surface area contributed by atoms with Crippen molar-refractivity contribution < 1.29 is 21.9 Å². The van der Waals surface area contributed by atoms with Crippen molar-refractivity contribution in [2.45, 2.75) is 11.8 Å². The maximum atomic E-state index is 12.4. The molecular formula is C16H10ClNO7S. The normalized spacial score (nSPS) is 11.5. The van der Waals surface area contributed by atoms with Gasteiger partial charge in [-0.1, -0.05) is 11.6 Å². The van der Waals surface area contributed by atoms with Crippen LogP contribution in [-0.2, 0) is 10.1 Å². The molecule has 3 aromatic rings. The number of hydrogen-bond donors (Lipinski definition) is 0. The van der Waals surface area contributed by atoms with Crippen molar-refractivity contribution >= 4 is 38.4 Å². The lowest BCUT2D eigenvalue weighted by molar-refractivity contribution is -0.385. The van der Waals surface area contributed by atoms with Crippen LogP contribution < -0.4 is 9.81 Å². The summed E-state index contributed by atoms with van der Waals surface area (Å²) in [5.41, 5.74) is -0.760. The Kier molecular flexibility index (Phi) is 4.43. The second-order valence-electron chi connectivity index (χ2n) is 5.30. The average Bonchev–Trinajstić information content (AvgIpc) is 2.56. The van der Waals surface area contributed by atoms with Crippen LogP contribution in [0.2, 0.25) is 5.02 Å². The van der Waals surface area contributed by atoms with Gasteiger partial charge in [0.05, 0.1) is 9.95 Å². The van der Waals surface area contributed by atoms with Crippen molar-refractivity contribution in [3.05, 3.63) is 73.6 Å². The standard InChI is InChI=1S/C16H10ClNO7S/c1-9-13(17)7-12(8-14(9)18(20)21)26(22,23)25-11-4-2-10-3-5-16(19)24-15(10)6-11/h2-8H,1H3. The number of hydrogen-bond acceptors (Lipinski definition) is 7. The number of benzene rings is 2. The van der Waals surface area contributed by atoms with Crippen molar-refractivity contribution in [1.29, 1.82) is 0 Å². The van der Waals surface area contributed by atoms with Crippen LogP contribution in [-0.4, -0.2) is 13.3 Å². The zero-order chi connectivity index (χ0) is 19.1. The molecule has 0 aliphatic rings. The predicted molar refractivity (Wildman–Crippen MR) is 93.1 cm³/mol. The number of nitrogens with zero attached hydrogens (tertiary/aromatic N) is 1. The van der Waals surface area contributed by atoms with Gasteiger partial charge >= 0.3 is 15.7 Å². The molecule has 1 aromatic heterocycles. The van der Waals surface area contributed by atoms with E-state index in [2.05, 4.69) is 0 Å². The summed E-state index contributed by atoms with van der Waals surface area (Å²) in [6, 6.07) is 8.80. The summed E-state index contributed by atoms with van der Waals surface area (Å²) in [5.74, 6) is -0.119. The van der Waals surface area contributed by atoms with E-state index < -0.39 is 31.2 Å². The van der Waals surface area contributed by atoms with E-state index in [1.165, 1.54) is 37.3 Å². The van der Waals surface area contributed by atoms with Crippen LogP contribution in [0.1, 0.15) is 5.56 Å². The van der Waals surface area contributed by atoms with Crippen LogP contribution in [0.25, 0.3) is 11.0 Å². The molecule has 26 heavy (non-hydrogen) atoms. The molecule has 8 nitrogen and oxygen atoms in total. The fraction of sp³-hybridized carbons (Fsp3) is 0.0625. The van der Waals surface area contributed by atoms with Crippen LogP contribution >= 0.6 is 11.6 Å². The van der Waals surface area contributed by atoms with Crippen molar-refractivity contribution in [2.24, 2.45) is 0 Å². The molecule has 0 N–H and O–H groups in total.